The van der Waals surface area contributed by atoms with Gasteiger partial charge in [0.1, 0.15) is 0 Å². The minimum Gasteiger partial charge on any atom is -0.494 e. The van der Waals surface area contributed by atoms with Gasteiger partial charge < -0.3 is 14.6 Å². The fourth-order valence-electron chi connectivity index (χ4n) is 1.24. The summed E-state index contributed by atoms with van der Waals surface area (Å²) in [6, 6.07) is 0. The summed E-state index contributed by atoms with van der Waals surface area (Å²) >= 11 is 0. The third-order valence-corrected chi connectivity index (χ3v) is 2.07. The number of hydrogen-bond acceptors (Lipinski definition) is 7. The molecule has 17 heavy (non-hydrogen) atoms. The maximum atomic E-state index is 4.96. The summed E-state index contributed by atoms with van der Waals surface area (Å²) in [5, 5.41) is 6.84. The number of hydrogen-bond donors (Lipinski definition) is 1. The number of aryl methyl sites for hydroxylation is 1. The molecule has 0 saturated carbocycles. The summed E-state index contributed by atoms with van der Waals surface area (Å²) in [5.41, 5.74) is 0. The van der Waals surface area contributed by atoms with Gasteiger partial charge in [0.05, 0.1) is 19.5 Å². The van der Waals surface area contributed by atoms with Gasteiger partial charge in [-0.1, -0.05) is 5.16 Å². The fourth-order valence-corrected chi connectivity index (χ4v) is 1.24. The highest BCUT2D eigenvalue weighted by molar-refractivity contribution is 5.26. The van der Waals surface area contributed by atoms with Crippen molar-refractivity contribution in [2.24, 2.45) is 0 Å². The molecule has 90 valence electrons. The molecule has 0 saturated heterocycles. The number of ether oxygens (including phenoxy) is 1. The third kappa shape index (κ3) is 3.13. The van der Waals surface area contributed by atoms with Crippen LogP contribution in [0.2, 0.25) is 0 Å². The second-order valence-corrected chi connectivity index (χ2v) is 3.35. The molecular formula is C10H13N5O2. The molecule has 0 fully saturated rings. The van der Waals surface area contributed by atoms with Gasteiger partial charge >= 0.3 is 0 Å². The lowest BCUT2D eigenvalue weighted by atomic mass is 10.4. The van der Waals surface area contributed by atoms with Crippen LogP contribution in [0.4, 0.5) is 5.95 Å². The molecule has 0 atom stereocenters. The summed E-state index contributed by atoms with van der Waals surface area (Å²) in [6.45, 7) is 2.40. The van der Waals surface area contributed by atoms with E-state index in [1.54, 1.807) is 26.4 Å². The highest BCUT2D eigenvalue weighted by Crippen LogP contribution is 2.07. The molecule has 7 heteroatoms. The van der Waals surface area contributed by atoms with Gasteiger partial charge in [0, 0.05) is 19.9 Å². The maximum Gasteiger partial charge on any atom is 0.223 e. The lowest BCUT2D eigenvalue weighted by molar-refractivity contribution is 0.387. The predicted molar refractivity (Wildman–Crippen MR) is 59.8 cm³/mol. The number of aromatic nitrogens is 4. The second-order valence-electron chi connectivity index (χ2n) is 3.35. The Morgan fingerprint density at radius 2 is 2.12 bits per heavy atom. The van der Waals surface area contributed by atoms with Crippen molar-refractivity contribution in [1.29, 1.82) is 0 Å². The van der Waals surface area contributed by atoms with E-state index in [1.165, 1.54) is 0 Å². The van der Waals surface area contributed by atoms with Crippen LogP contribution < -0.4 is 10.1 Å². The summed E-state index contributed by atoms with van der Waals surface area (Å²) in [7, 11) is 1.57. The Labute approximate surface area is 98.2 Å². The third-order valence-electron chi connectivity index (χ3n) is 2.07. The molecule has 0 bridgehead atoms. The fraction of sp³-hybridized carbons (Fsp3) is 0.400. The van der Waals surface area contributed by atoms with Crippen LogP contribution >= 0.6 is 0 Å². The Kier molecular flexibility index (Phi) is 3.49. The monoisotopic (exact) mass is 235 g/mol. The number of anilines is 1. The van der Waals surface area contributed by atoms with Gasteiger partial charge in [0.2, 0.25) is 11.8 Å². The van der Waals surface area contributed by atoms with Crippen LogP contribution in [0.15, 0.2) is 16.9 Å². The van der Waals surface area contributed by atoms with E-state index in [0.29, 0.717) is 36.4 Å². The Morgan fingerprint density at radius 1 is 1.35 bits per heavy atom. The number of nitrogens with one attached hydrogen (secondary N) is 1. The lowest BCUT2D eigenvalue weighted by Gasteiger charge is -2.03. The van der Waals surface area contributed by atoms with E-state index >= 15 is 0 Å². The quantitative estimate of drug-likeness (QED) is 0.821. The molecule has 7 nitrogen and oxygen atoms in total. The van der Waals surface area contributed by atoms with Crippen molar-refractivity contribution in [3.8, 4) is 5.75 Å². The molecular weight excluding hydrogens is 222 g/mol. The summed E-state index contributed by atoms with van der Waals surface area (Å²) in [4.78, 5) is 12.2. The minimum atomic E-state index is 0.547. The molecule has 0 aliphatic rings. The molecule has 2 aromatic rings. The molecule has 2 rings (SSSR count). The van der Waals surface area contributed by atoms with E-state index in [0.717, 1.165) is 0 Å². The molecule has 0 aliphatic carbocycles. The Morgan fingerprint density at radius 3 is 2.71 bits per heavy atom. The van der Waals surface area contributed by atoms with Crippen molar-refractivity contribution in [3.05, 3.63) is 24.1 Å². The van der Waals surface area contributed by atoms with Crippen molar-refractivity contribution in [2.75, 3.05) is 19.0 Å². The van der Waals surface area contributed by atoms with Crippen molar-refractivity contribution >= 4 is 5.95 Å². The average Bonchev–Trinajstić information content (AvgIpc) is 2.76. The van der Waals surface area contributed by atoms with Crippen LogP contribution in [0.3, 0.4) is 0 Å². The SMILES string of the molecule is COc1cnc(NCCc2noc(C)n2)nc1. The van der Waals surface area contributed by atoms with Crippen molar-refractivity contribution in [1.82, 2.24) is 20.1 Å². The van der Waals surface area contributed by atoms with Crippen molar-refractivity contribution in [3.63, 3.8) is 0 Å². The van der Waals surface area contributed by atoms with Gasteiger partial charge in [0.15, 0.2) is 11.6 Å². The van der Waals surface area contributed by atoms with Crippen LogP contribution in [-0.2, 0) is 6.42 Å². The van der Waals surface area contributed by atoms with E-state index in [-0.39, 0.29) is 0 Å². The number of methoxy groups -OCH3 is 1. The van der Waals surface area contributed by atoms with Crippen LogP contribution in [0.5, 0.6) is 5.75 Å². The van der Waals surface area contributed by atoms with Gasteiger partial charge in [-0.25, -0.2) is 9.97 Å². The number of nitrogens with zero attached hydrogens (tertiary/aromatic N) is 4. The lowest BCUT2D eigenvalue weighted by Crippen LogP contribution is -2.08. The normalized spacial score (nSPS) is 10.2. The molecule has 2 aromatic heterocycles. The topological polar surface area (TPSA) is 86.0 Å². The largest absolute Gasteiger partial charge is 0.494 e. The van der Waals surface area contributed by atoms with E-state index in [4.69, 9.17) is 9.26 Å². The Hall–Kier alpha value is -2.18. The Balaban J connectivity index is 1.81. The first kappa shape index (κ1) is 11.3. The van der Waals surface area contributed by atoms with Crippen LogP contribution in [-0.4, -0.2) is 33.8 Å². The zero-order valence-electron chi connectivity index (χ0n) is 9.67. The van der Waals surface area contributed by atoms with E-state index in [1.807, 2.05) is 0 Å². The molecule has 0 aromatic carbocycles. The van der Waals surface area contributed by atoms with Gasteiger partial charge in [-0.2, -0.15) is 4.98 Å². The highest BCUT2D eigenvalue weighted by Gasteiger charge is 2.02. The first-order chi connectivity index (χ1) is 8.28. The molecule has 0 radical (unpaired) electrons. The second kappa shape index (κ2) is 5.24. The summed E-state index contributed by atoms with van der Waals surface area (Å²) < 4.78 is 9.82. The first-order valence-corrected chi connectivity index (χ1v) is 5.17. The van der Waals surface area contributed by atoms with Gasteiger partial charge in [-0.15, -0.1) is 0 Å². The Bertz CT molecular complexity index is 468. The standard InChI is InChI=1S/C10H13N5O2/c1-7-14-9(15-17-7)3-4-11-10-12-5-8(16-2)6-13-10/h5-6H,3-4H2,1-2H3,(H,11,12,13). The van der Waals surface area contributed by atoms with E-state index < -0.39 is 0 Å². The van der Waals surface area contributed by atoms with E-state index in [2.05, 4.69) is 25.4 Å². The summed E-state index contributed by atoms with van der Waals surface area (Å²) in [6.07, 6.45) is 3.87. The van der Waals surface area contributed by atoms with Crippen LogP contribution in [0.25, 0.3) is 0 Å². The van der Waals surface area contributed by atoms with Crippen LogP contribution in [0, 0.1) is 6.92 Å². The molecule has 0 amide bonds. The predicted octanol–water partition coefficient (Wildman–Crippen LogP) is 0.831. The molecule has 1 N–H and O–H groups in total. The minimum absolute atomic E-state index is 0.547. The maximum absolute atomic E-state index is 4.96. The number of rotatable bonds is 5. The van der Waals surface area contributed by atoms with Gasteiger partial charge in [0.25, 0.3) is 0 Å². The molecule has 2 heterocycles. The smallest absolute Gasteiger partial charge is 0.223 e. The zero-order chi connectivity index (χ0) is 12.1. The first-order valence-electron chi connectivity index (χ1n) is 5.17. The molecule has 0 unspecified atom stereocenters. The molecule has 0 aliphatic heterocycles. The highest BCUT2D eigenvalue weighted by atomic mass is 16.5. The zero-order valence-corrected chi connectivity index (χ0v) is 9.67. The van der Waals surface area contributed by atoms with Gasteiger partial charge in [-0.3, -0.25) is 0 Å². The summed E-state index contributed by atoms with van der Waals surface area (Å²) in [5.74, 6) is 2.42. The van der Waals surface area contributed by atoms with Crippen molar-refractivity contribution < 1.29 is 9.26 Å². The molecule has 0 spiro atoms. The average molecular weight is 235 g/mol. The van der Waals surface area contributed by atoms with Crippen molar-refractivity contribution in [2.45, 2.75) is 13.3 Å². The van der Waals surface area contributed by atoms with Crippen LogP contribution in [0.1, 0.15) is 11.7 Å². The van der Waals surface area contributed by atoms with E-state index in [9.17, 15) is 0 Å². The van der Waals surface area contributed by atoms with Gasteiger partial charge in [-0.05, 0) is 0 Å².